The standard InChI is InChI=1S/C15H30N2O2/c1-11(2)8-12(10-16)9-15(19)17-13-6-4-3-5-7-14(13)18/h11-14,18H,3-10,16H2,1-2H3,(H,17,19). The van der Waals surface area contributed by atoms with E-state index in [0.717, 1.165) is 38.5 Å². The minimum Gasteiger partial charge on any atom is -0.391 e. The first-order valence-electron chi connectivity index (χ1n) is 7.70. The summed E-state index contributed by atoms with van der Waals surface area (Å²) in [6.07, 6.45) is 6.09. The zero-order valence-electron chi connectivity index (χ0n) is 12.4. The molecule has 19 heavy (non-hydrogen) atoms. The quantitative estimate of drug-likeness (QED) is 0.644. The molecule has 0 aromatic rings. The Bertz CT molecular complexity index is 269. The largest absolute Gasteiger partial charge is 0.391 e. The number of aliphatic hydroxyl groups is 1. The molecule has 1 saturated carbocycles. The van der Waals surface area contributed by atoms with Crippen molar-refractivity contribution in [3.8, 4) is 0 Å². The van der Waals surface area contributed by atoms with Crippen molar-refractivity contribution in [1.29, 1.82) is 0 Å². The fourth-order valence-electron chi connectivity index (χ4n) is 2.91. The van der Waals surface area contributed by atoms with Crippen LogP contribution < -0.4 is 11.1 Å². The summed E-state index contributed by atoms with van der Waals surface area (Å²) in [4.78, 5) is 12.0. The molecule has 1 amide bonds. The highest BCUT2D eigenvalue weighted by molar-refractivity contribution is 5.76. The maximum atomic E-state index is 12.0. The summed E-state index contributed by atoms with van der Waals surface area (Å²) in [7, 11) is 0. The summed E-state index contributed by atoms with van der Waals surface area (Å²) in [6.45, 7) is 4.85. The first kappa shape index (κ1) is 16.4. The molecule has 0 radical (unpaired) electrons. The Morgan fingerprint density at radius 3 is 2.63 bits per heavy atom. The number of hydrogen-bond acceptors (Lipinski definition) is 3. The Labute approximate surface area is 117 Å². The van der Waals surface area contributed by atoms with Gasteiger partial charge in [0.1, 0.15) is 0 Å². The van der Waals surface area contributed by atoms with E-state index in [9.17, 15) is 9.90 Å². The third kappa shape index (κ3) is 6.39. The van der Waals surface area contributed by atoms with E-state index in [2.05, 4.69) is 19.2 Å². The van der Waals surface area contributed by atoms with Crippen LogP contribution in [-0.2, 0) is 4.79 Å². The third-order valence-corrected chi connectivity index (χ3v) is 3.94. The van der Waals surface area contributed by atoms with Gasteiger partial charge in [0.2, 0.25) is 5.91 Å². The number of nitrogens with one attached hydrogen (secondary N) is 1. The van der Waals surface area contributed by atoms with Gasteiger partial charge >= 0.3 is 0 Å². The van der Waals surface area contributed by atoms with Gasteiger partial charge in [0.15, 0.2) is 0 Å². The molecule has 0 spiro atoms. The Balaban J connectivity index is 2.39. The molecule has 0 heterocycles. The minimum atomic E-state index is -0.382. The van der Waals surface area contributed by atoms with Crippen LogP contribution in [0.15, 0.2) is 0 Å². The first-order valence-corrected chi connectivity index (χ1v) is 7.70. The predicted molar refractivity (Wildman–Crippen MR) is 77.6 cm³/mol. The molecule has 3 atom stereocenters. The summed E-state index contributed by atoms with van der Waals surface area (Å²) in [5, 5.41) is 13.0. The molecule has 4 nitrogen and oxygen atoms in total. The zero-order chi connectivity index (χ0) is 14.3. The lowest BCUT2D eigenvalue weighted by molar-refractivity contribution is -0.123. The van der Waals surface area contributed by atoms with Gasteiger partial charge in [0, 0.05) is 6.42 Å². The normalized spacial score (nSPS) is 25.9. The lowest BCUT2D eigenvalue weighted by atomic mass is 9.93. The molecule has 0 bridgehead atoms. The Morgan fingerprint density at radius 1 is 1.32 bits per heavy atom. The van der Waals surface area contributed by atoms with Crippen molar-refractivity contribution >= 4 is 5.91 Å². The molecule has 1 aliphatic carbocycles. The molecule has 0 aromatic carbocycles. The number of hydrogen-bond donors (Lipinski definition) is 3. The minimum absolute atomic E-state index is 0.0436. The SMILES string of the molecule is CC(C)CC(CN)CC(=O)NC1CCCCCC1O. The van der Waals surface area contributed by atoms with Gasteiger partial charge in [-0.2, -0.15) is 0 Å². The fourth-order valence-corrected chi connectivity index (χ4v) is 2.91. The molecule has 0 aromatic heterocycles. The van der Waals surface area contributed by atoms with E-state index >= 15 is 0 Å². The molecule has 1 rings (SSSR count). The van der Waals surface area contributed by atoms with E-state index in [-0.39, 0.29) is 24.0 Å². The lowest BCUT2D eigenvalue weighted by Crippen LogP contribution is -2.43. The number of aliphatic hydroxyl groups excluding tert-OH is 1. The second kappa shape index (κ2) is 8.54. The van der Waals surface area contributed by atoms with Crippen molar-refractivity contribution in [1.82, 2.24) is 5.32 Å². The van der Waals surface area contributed by atoms with Crippen molar-refractivity contribution in [3.05, 3.63) is 0 Å². The number of carbonyl (C=O) groups is 1. The average molecular weight is 270 g/mol. The van der Waals surface area contributed by atoms with Crippen molar-refractivity contribution in [2.45, 2.75) is 70.9 Å². The van der Waals surface area contributed by atoms with Crippen LogP contribution in [0, 0.1) is 11.8 Å². The second-order valence-corrected chi connectivity index (χ2v) is 6.31. The van der Waals surface area contributed by atoms with E-state index in [1.165, 1.54) is 0 Å². The second-order valence-electron chi connectivity index (χ2n) is 6.31. The van der Waals surface area contributed by atoms with Gasteiger partial charge in [-0.15, -0.1) is 0 Å². The third-order valence-electron chi connectivity index (χ3n) is 3.94. The van der Waals surface area contributed by atoms with Crippen LogP contribution in [-0.4, -0.2) is 29.7 Å². The lowest BCUT2D eigenvalue weighted by Gasteiger charge is -2.23. The summed E-state index contributed by atoms with van der Waals surface area (Å²) in [5.41, 5.74) is 5.73. The summed E-state index contributed by atoms with van der Waals surface area (Å²) in [6, 6.07) is -0.0625. The van der Waals surface area contributed by atoms with Crippen molar-refractivity contribution in [3.63, 3.8) is 0 Å². The van der Waals surface area contributed by atoms with E-state index in [1.54, 1.807) is 0 Å². The molecular formula is C15H30N2O2. The van der Waals surface area contributed by atoms with Crippen LogP contribution in [0.25, 0.3) is 0 Å². The molecule has 0 saturated heterocycles. The van der Waals surface area contributed by atoms with Crippen LogP contribution in [0.3, 0.4) is 0 Å². The molecule has 4 N–H and O–H groups in total. The van der Waals surface area contributed by atoms with Crippen LogP contribution in [0.4, 0.5) is 0 Å². The maximum absolute atomic E-state index is 12.0. The maximum Gasteiger partial charge on any atom is 0.220 e. The topological polar surface area (TPSA) is 75.4 Å². The van der Waals surface area contributed by atoms with E-state index in [4.69, 9.17) is 5.73 Å². The molecule has 3 unspecified atom stereocenters. The molecular weight excluding hydrogens is 240 g/mol. The van der Waals surface area contributed by atoms with Gasteiger partial charge < -0.3 is 16.2 Å². The van der Waals surface area contributed by atoms with Crippen molar-refractivity contribution in [2.75, 3.05) is 6.54 Å². The number of amides is 1. The zero-order valence-corrected chi connectivity index (χ0v) is 12.4. The van der Waals surface area contributed by atoms with E-state index in [1.807, 2.05) is 0 Å². The van der Waals surface area contributed by atoms with Crippen LogP contribution in [0.5, 0.6) is 0 Å². The average Bonchev–Trinajstić information content (AvgIpc) is 2.53. The Hall–Kier alpha value is -0.610. The van der Waals surface area contributed by atoms with Crippen molar-refractivity contribution < 1.29 is 9.90 Å². The monoisotopic (exact) mass is 270 g/mol. The summed E-state index contributed by atoms with van der Waals surface area (Å²) < 4.78 is 0. The van der Waals surface area contributed by atoms with Gasteiger partial charge in [0.25, 0.3) is 0 Å². The Morgan fingerprint density at radius 2 is 2.00 bits per heavy atom. The predicted octanol–water partition coefficient (Wildman–Crippen LogP) is 1.81. The van der Waals surface area contributed by atoms with Crippen LogP contribution in [0.1, 0.15) is 58.8 Å². The highest BCUT2D eigenvalue weighted by Crippen LogP contribution is 2.19. The van der Waals surface area contributed by atoms with Gasteiger partial charge in [0.05, 0.1) is 12.1 Å². The van der Waals surface area contributed by atoms with Gasteiger partial charge in [-0.05, 0) is 37.6 Å². The molecule has 1 aliphatic rings. The Kier molecular flexibility index (Phi) is 7.39. The van der Waals surface area contributed by atoms with Crippen LogP contribution >= 0.6 is 0 Å². The summed E-state index contributed by atoms with van der Waals surface area (Å²) >= 11 is 0. The van der Waals surface area contributed by atoms with Crippen LogP contribution in [0.2, 0.25) is 0 Å². The fraction of sp³-hybridized carbons (Fsp3) is 0.933. The smallest absolute Gasteiger partial charge is 0.220 e. The van der Waals surface area contributed by atoms with E-state index in [0.29, 0.717) is 18.9 Å². The molecule has 1 fully saturated rings. The number of nitrogens with two attached hydrogens (primary N) is 1. The molecule has 0 aliphatic heterocycles. The van der Waals surface area contributed by atoms with Crippen molar-refractivity contribution in [2.24, 2.45) is 17.6 Å². The van der Waals surface area contributed by atoms with E-state index < -0.39 is 0 Å². The highest BCUT2D eigenvalue weighted by Gasteiger charge is 2.24. The molecule has 4 heteroatoms. The van der Waals surface area contributed by atoms with Gasteiger partial charge in [-0.3, -0.25) is 4.79 Å². The van der Waals surface area contributed by atoms with Gasteiger partial charge in [-0.25, -0.2) is 0 Å². The van der Waals surface area contributed by atoms with Gasteiger partial charge in [-0.1, -0.05) is 33.1 Å². The number of carbonyl (C=O) groups excluding carboxylic acids is 1. The molecule has 112 valence electrons. The highest BCUT2D eigenvalue weighted by atomic mass is 16.3. The summed E-state index contributed by atoms with van der Waals surface area (Å²) in [5.74, 6) is 0.856. The number of rotatable bonds is 6. The first-order chi connectivity index (χ1) is 9.02.